The molecule has 6 nitrogen and oxygen atoms in total. The number of likely N-dealkylation sites (N-methyl/N-ethyl adjacent to an activating group) is 1. The zero-order valence-corrected chi connectivity index (χ0v) is 12.5. The highest BCUT2D eigenvalue weighted by molar-refractivity contribution is 5.82. The normalized spacial score (nSPS) is 24.1. The van der Waals surface area contributed by atoms with Crippen LogP contribution in [-0.4, -0.2) is 72.8 Å². The van der Waals surface area contributed by atoms with Crippen molar-refractivity contribution in [2.75, 3.05) is 39.8 Å². The molecule has 3 N–H and O–H groups in total. The molecule has 112 valence electrons. The summed E-state index contributed by atoms with van der Waals surface area (Å²) in [5.41, 5.74) is 5.59. The van der Waals surface area contributed by atoms with Crippen molar-refractivity contribution in [1.82, 2.24) is 9.80 Å². The summed E-state index contributed by atoms with van der Waals surface area (Å²) in [6.45, 7) is 10.8. The van der Waals surface area contributed by atoms with E-state index in [-0.39, 0.29) is 17.9 Å². The van der Waals surface area contributed by atoms with E-state index >= 15 is 0 Å². The van der Waals surface area contributed by atoms with Gasteiger partial charge in [-0.3, -0.25) is 4.90 Å². The molecule has 0 aliphatic carbocycles. The van der Waals surface area contributed by atoms with Crippen molar-refractivity contribution in [3.05, 3.63) is 0 Å². The van der Waals surface area contributed by atoms with E-state index < -0.39 is 0 Å². The van der Waals surface area contributed by atoms with Crippen LogP contribution in [-0.2, 0) is 4.74 Å². The number of nitrogens with zero attached hydrogens (tertiary/aromatic N) is 3. The molecule has 0 bridgehead atoms. The van der Waals surface area contributed by atoms with Gasteiger partial charge in [0, 0.05) is 38.1 Å². The number of amidine groups is 1. The molecular formula is C13H28N4O2. The van der Waals surface area contributed by atoms with E-state index in [0.29, 0.717) is 6.04 Å². The summed E-state index contributed by atoms with van der Waals surface area (Å²) in [4.78, 5) is 4.62. The minimum absolute atomic E-state index is 0.0415. The highest BCUT2D eigenvalue weighted by Crippen LogP contribution is 2.10. The molecule has 0 amide bonds. The van der Waals surface area contributed by atoms with Crippen molar-refractivity contribution in [3.63, 3.8) is 0 Å². The minimum atomic E-state index is 0.0415. The third kappa shape index (κ3) is 5.34. The zero-order chi connectivity index (χ0) is 14.4. The molecule has 0 spiro atoms. The van der Waals surface area contributed by atoms with Crippen LogP contribution in [0.15, 0.2) is 5.16 Å². The van der Waals surface area contributed by atoms with Crippen LogP contribution in [0.3, 0.4) is 0 Å². The fourth-order valence-electron chi connectivity index (χ4n) is 2.40. The molecular weight excluding hydrogens is 244 g/mol. The van der Waals surface area contributed by atoms with Crippen LogP contribution in [0.2, 0.25) is 0 Å². The molecule has 0 aromatic rings. The standard InChI is InChI=1S/C13H28N4O2/c1-10(2)17-5-6-19-12(9-17)8-16(4)7-11(3)13(14)15-18/h10-12,18H,5-9H2,1-4H3,(H2,14,15). The van der Waals surface area contributed by atoms with Gasteiger partial charge in [-0.05, 0) is 20.9 Å². The second kappa shape index (κ2) is 7.67. The minimum Gasteiger partial charge on any atom is -0.409 e. The van der Waals surface area contributed by atoms with Crippen molar-refractivity contribution in [1.29, 1.82) is 0 Å². The Hall–Kier alpha value is -0.850. The average molecular weight is 272 g/mol. The first-order valence-electron chi connectivity index (χ1n) is 6.95. The monoisotopic (exact) mass is 272 g/mol. The van der Waals surface area contributed by atoms with E-state index in [1.807, 2.05) is 14.0 Å². The molecule has 0 saturated carbocycles. The summed E-state index contributed by atoms with van der Waals surface area (Å²) in [7, 11) is 2.04. The lowest BCUT2D eigenvalue weighted by molar-refractivity contribution is -0.0499. The van der Waals surface area contributed by atoms with Crippen LogP contribution in [0, 0.1) is 5.92 Å². The highest BCUT2D eigenvalue weighted by atomic mass is 16.5. The molecule has 0 radical (unpaired) electrons. The van der Waals surface area contributed by atoms with Gasteiger partial charge in [0.05, 0.1) is 12.7 Å². The Kier molecular flexibility index (Phi) is 6.54. The SMILES string of the molecule is CC(CN(C)CC1CN(C(C)C)CCO1)C(N)=NO. The second-order valence-corrected chi connectivity index (χ2v) is 5.73. The van der Waals surface area contributed by atoms with Crippen molar-refractivity contribution in [2.45, 2.75) is 32.9 Å². The van der Waals surface area contributed by atoms with Crippen LogP contribution in [0.25, 0.3) is 0 Å². The lowest BCUT2D eigenvalue weighted by Crippen LogP contribution is -2.49. The first kappa shape index (κ1) is 16.2. The van der Waals surface area contributed by atoms with E-state index in [1.165, 1.54) is 0 Å². The predicted octanol–water partition coefficient (Wildman–Crippen LogP) is 0.410. The molecule has 2 atom stereocenters. The Morgan fingerprint density at radius 1 is 1.53 bits per heavy atom. The quantitative estimate of drug-likeness (QED) is 0.317. The Morgan fingerprint density at radius 3 is 2.79 bits per heavy atom. The van der Waals surface area contributed by atoms with Gasteiger partial charge < -0.3 is 20.6 Å². The van der Waals surface area contributed by atoms with Gasteiger partial charge in [-0.15, -0.1) is 0 Å². The summed E-state index contributed by atoms with van der Waals surface area (Å²) in [6, 6.07) is 0.563. The summed E-state index contributed by atoms with van der Waals surface area (Å²) in [5.74, 6) is 0.319. The summed E-state index contributed by atoms with van der Waals surface area (Å²) >= 11 is 0. The largest absolute Gasteiger partial charge is 0.409 e. The van der Waals surface area contributed by atoms with Crippen molar-refractivity contribution in [3.8, 4) is 0 Å². The molecule has 6 heteroatoms. The third-order valence-electron chi connectivity index (χ3n) is 3.62. The van der Waals surface area contributed by atoms with Gasteiger partial charge in [0.25, 0.3) is 0 Å². The molecule has 1 aliphatic heterocycles. The molecule has 1 rings (SSSR count). The number of hydrogen-bond donors (Lipinski definition) is 2. The van der Waals surface area contributed by atoms with Crippen LogP contribution in [0.4, 0.5) is 0 Å². The van der Waals surface area contributed by atoms with E-state index in [2.05, 4.69) is 28.8 Å². The van der Waals surface area contributed by atoms with E-state index in [0.717, 1.165) is 32.8 Å². The molecule has 1 heterocycles. The van der Waals surface area contributed by atoms with E-state index in [4.69, 9.17) is 15.7 Å². The molecule has 2 unspecified atom stereocenters. The Morgan fingerprint density at radius 2 is 2.21 bits per heavy atom. The molecule has 0 aromatic carbocycles. The third-order valence-corrected chi connectivity index (χ3v) is 3.62. The van der Waals surface area contributed by atoms with Crippen LogP contribution in [0.1, 0.15) is 20.8 Å². The Labute approximate surface area is 116 Å². The van der Waals surface area contributed by atoms with Gasteiger partial charge in [-0.25, -0.2) is 0 Å². The van der Waals surface area contributed by atoms with Crippen molar-refractivity contribution >= 4 is 5.84 Å². The van der Waals surface area contributed by atoms with Crippen LogP contribution >= 0.6 is 0 Å². The number of rotatable bonds is 6. The fraction of sp³-hybridized carbons (Fsp3) is 0.923. The second-order valence-electron chi connectivity index (χ2n) is 5.73. The summed E-state index contributed by atoms with van der Waals surface area (Å²) in [5, 5.41) is 11.7. The Balaban J connectivity index is 2.37. The molecule has 19 heavy (non-hydrogen) atoms. The van der Waals surface area contributed by atoms with Gasteiger partial charge in [0.15, 0.2) is 0 Å². The highest BCUT2D eigenvalue weighted by Gasteiger charge is 2.23. The van der Waals surface area contributed by atoms with Gasteiger partial charge in [-0.1, -0.05) is 12.1 Å². The van der Waals surface area contributed by atoms with Crippen molar-refractivity contribution < 1.29 is 9.94 Å². The topological polar surface area (TPSA) is 74.3 Å². The summed E-state index contributed by atoms with van der Waals surface area (Å²) < 4.78 is 5.80. The number of nitrogens with two attached hydrogens (primary N) is 1. The first-order valence-corrected chi connectivity index (χ1v) is 6.95. The number of ether oxygens (including phenoxy) is 1. The zero-order valence-electron chi connectivity index (χ0n) is 12.5. The van der Waals surface area contributed by atoms with Gasteiger partial charge in [-0.2, -0.15) is 0 Å². The maximum atomic E-state index is 8.65. The number of morpholine rings is 1. The maximum Gasteiger partial charge on any atom is 0.143 e. The van der Waals surface area contributed by atoms with Crippen LogP contribution in [0.5, 0.6) is 0 Å². The molecule has 1 saturated heterocycles. The lowest BCUT2D eigenvalue weighted by Gasteiger charge is -2.37. The molecule has 1 fully saturated rings. The number of oxime groups is 1. The van der Waals surface area contributed by atoms with Crippen molar-refractivity contribution in [2.24, 2.45) is 16.8 Å². The predicted molar refractivity (Wildman–Crippen MR) is 76.5 cm³/mol. The molecule has 0 aromatic heterocycles. The number of hydrogen-bond acceptors (Lipinski definition) is 5. The smallest absolute Gasteiger partial charge is 0.143 e. The van der Waals surface area contributed by atoms with E-state index in [9.17, 15) is 0 Å². The van der Waals surface area contributed by atoms with Gasteiger partial charge >= 0.3 is 0 Å². The fourth-order valence-corrected chi connectivity index (χ4v) is 2.40. The van der Waals surface area contributed by atoms with Crippen LogP contribution < -0.4 is 5.73 Å². The first-order chi connectivity index (χ1) is 8.93. The molecule has 1 aliphatic rings. The van der Waals surface area contributed by atoms with E-state index in [1.54, 1.807) is 0 Å². The summed E-state index contributed by atoms with van der Waals surface area (Å²) in [6.07, 6.45) is 0.237. The van der Waals surface area contributed by atoms with Gasteiger partial charge in [0.2, 0.25) is 0 Å². The average Bonchev–Trinajstić information content (AvgIpc) is 2.37. The lowest BCUT2D eigenvalue weighted by atomic mass is 10.1. The Bertz CT molecular complexity index is 296. The van der Waals surface area contributed by atoms with Gasteiger partial charge in [0.1, 0.15) is 5.84 Å². The maximum absolute atomic E-state index is 8.65.